The van der Waals surface area contributed by atoms with E-state index in [1.54, 1.807) is 7.11 Å². The maximum absolute atomic E-state index is 12.7. The van der Waals surface area contributed by atoms with Gasteiger partial charge in [0, 0.05) is 13.7 Å². The van der Waals surface area contributed by atoms with E-state index in [-0.39, 0.29) is 11.4 Å². The highest BCUT2D eigenvalue weighted by Gasteiger charge is 2.39. The van der Waals surface area contributed by atoms with Gasteiger partial charge in [0.25, 0.3) is 5.91 Å². The Morgan fingerprint density at radius 1 is 1.43 bits per heavy atom. The quantitative estimate of drug-likeness (QED) is 0.875. The molecule has 3 N–H and O–H groups in total. The number of hydrogen-bond donors (Lipinski definition) is 2. The molecule has 0 radical (unpaired) electrons. The number of carbonyl (C=O) groups is 1. The molecule has 1 saturated carbocycles. The lowest BCUT2D eigenvalue weighted by Crippen LogP contribution is -2.60. The molecule has 21 heavy (non-hydrogen) atoms. The van der Waals surface area contributed by atoms with Gasteiger partial charge in [0.1, 0.15) is 0 Å². The molecular weight excluding hydrogens is 264 g/mol. The lowest BCUT2D eigenvalue weighted by atomic mass is 9.73. The predicted molar refractivity (Wildman–Crippen MR) is 83.8 cm³/mol. The number of amides is 1. The molecule has 0 saturated heterocycles. The molecule has 0 heterocycles. The van der Waals surface area contributed by atoms with E-state index in [1.807, 2.05) is 30.3 Å². The van der Waals surface area contributed by atoms with Crippen molar-refractivity contribution in [1.82, 2.24) is 5.32 Å². The van der Waals surface area contributed by atoms with Gasteiger partial charge in [0.2, 0.25) is 0 Å². The summed E-state index contributed by atoms with van der Waals surface area (Å²) in [5.41, 5.74) is 6.58. The van der Waals surface area contributed by atoms with E-state index in [0.29, 0.717) is 12.5 Å². The number of nitrogens with one attached hydrogen (secondary N) is 1. The molecule has 1 aromatic rings. The van der Waals surface area contributed by atoms with Crippen LogP contribution in [0, 0.1) is 5.92 Å². The Morgan fingerprint density at radius 3 is 2.71 bits per heavy atom. The standard InChI is InChI=1S/C17H26N2O2/c1-13-8-6-7-11-17(13,12-18)19-16(20)15(21-2)14-9-4-3-5-10-14/h3-5,9-10,13,15H,6-8,11-12,18H2,1-2H3,(H,19,20). The van der Waals surface area contributed by atoms with Gasteiger partial charge in [-0.1, -0.05) is 50.1 Å². The average molecular weight is 290 g/mol. The number of rotatable bonds is 5. The van der Waals surface area contributed by atoms with E-state index in [4.69, 9.17) is 10.5 Å². The monoisotopic (exact) mass is 290 g/mol. The highest BCUT2D eigenvalue weighted by atomic mass is 16.5. The Labute approximate surface area is 127 Å². The molecular formula is C17H26N2O2. The maximum atomic E-state index is 12.7. The first-order chi connectivity index (χ1) is 10.1. The first kappa shape index (κ1) is 16.0. The van der Waals surface area contributed by atoms with Crippen molar-refractivity contribution in [3.8, 4) is 0 Å². The van der Waals surface area contributed by atoms with Crippen LogP contribution in [0.2, 0.25) is 0 Å². The summed E-state index contributed by atoms with van der Waals surface area (Å²) in [4.78, 5) is 12.7. The number of benzene rings is 1. The zero-order chi connectivity index (χ0) is 15.3. The lowest BCUT2D eigenvalue weighted by Gasteiger charge is -2.43. The van der Waals surface area contributed by atoms with Crippen LogP contribution in [0.25, 0.3) is 0 Å². The third-order valence-corrected chi connectivity index (χ3v) is 4.77. The summed E-state index contributed by atoms with van der Waals surface area (Å²) in [5.74, 6) is 0.302. The number of carbonyl (C=O) groups excluding carboxylic acids is 1. The zero-order valence-electron chi connectivity index (χ0n) is 13.0. The molecule has 0 bridgehead atoms. The molecule has 1 amide bonds. The smallest absolute Gasteiger partial charge is 0.254 e. The van der Waals surface area contributed by atoms with Crippen molar-refractivity contribution >= 4 is 5.91 Å². The SMILES string of the molecule is COC(C(=O)NC1(CN)CCCCC1C)c1ccccc1. The Morgan fingerprint density at radius 2 is 2.14 bits per heavy atom. The van der Waals surface area contributed by atoms with Crippen LogP contribution in [0.15, 0.2) is 30.3 Å². The fourth-order valence-electron chi connectivity index (χ4n) is 3.29. The number of methoxy groups -OCH3 is 1. The highest BCUT2D eigenvalue weighted by molar-refractivity contribution is 5.83. The fraction of sp³-hybridized carbons (Fsp3) is 0.588. The molecule has 2 rings (SSSR count). The van der Waals surface area contributed by atoms with Crippen LogP contribution >= 0.6 is 0 Å². The van der Waals surface area contributed by atoms with Crippen LogP contribution < -0.4 is 11.1 Å². The third kappa shape index (κ3) is 3.44. The molecule has 116 valence electrons. The zero-order valence-corrected chi connectivity index (χ0v) is 13.0. The summed E-state index contributed by atoms with van der Waals surface area (Å²) in [5, 5.41) is 3.19. The molecule has 0 aliphatic heterocycles. The van der Waals surface area contributed by atoms with Gasteiger partial charge < -0.3 is 15.8 Å². The summed E-state index contributed by atoms with van der Waals surface area (Å²) in [6.45, 7) is 2.65. The second-order valence-electron chi connectivity index (χ2n) is 6.02. The lowest BCUT2D eigenvalue weighted by molar-refractivity contribution is -0.134. The largest absolute Gasteiger partial charge is 0.367 e. The topological polar surface area (TPSA) is 64.3 Å². The van der Waals surface area contributed by atoms with Gasteiger partial charge in [-0.3, -0.25) is 4.79 Å². The van der Waals surface area contributed by atoms with E-state index in [9.17, 15) is 4.79 Å². The molecule has 1 fully saturated rings. The van der Waals surface area contributed by atoms with Crippen LogP contribution in [0.4, 0.5) is 0 Å². The molecule has 4 heteroatoms. The maximum Gasteiger partial charge on any atom is 0.254 e. The Kier molecular flexibility index (Phi) is 5.37. The van der Waals surface area contributed by atoms with Crippen molar-refractivity contribution in [2.45, 2.75) is 44.2 Å². The average Bonchev–Trinajstić information content (AvgIpc) is 2.51. The minimum atomic E-state index is -0.580. The minimum Gasteiger partial charge on any atom is -0.367 e. The Balaban J connectivity index is 2.14. The third-order valence-electron chi connectivity index (χ3n) is 4.77. The van der Waals surface area contributed by atoms with Gasteiger partial charge in [-0.2, -0.15) is 0 Å². The van der Waals surface area contributed by atoms with Crippen molar-refractivity contribution in [1.29, 1.82) is 0 Å². The predicted octanol–water partition coefficient (Wildman–Crippen LogP) is 2.40. The van der Waals surface area contributed by atoms with Crippen LogP contribution in [0.1, 0.15) is 44.3 Å². The first-order valence-corrected chi connectivity index (χ1v) is 7.73. The van der Waals surface area contributed by atoms with E-state index >= 15 is 0 Å². The Hall–Kier alpha value is -1.39. The van der Waals surface area contributed by atoms with Crippen molar-refractivity contribution in [3.05, 3.63) is 35.9 Å². The van der Waals surface area contributed by atoms with Gasteiger partial charge in [-0.25, -0.2) is 0 Å². The second kappa shape index (κ2) is 7.05. The van der Waals surface area contributed by atoms with Crippen LogP contribution in [0.3, 0.4) is 0 Å². The van der Waals surface area contributed by atoms with Crippen molar-refractivity contribution in [2.24, 2.45) is 11.7 Å². The summed E-state index contributed by atoms with van der Waals surface area (Å²) in [6.07, 6.45) is 3.81. The molecule has 4 nitrogen and oxygen atoms in total. The summed E-state index contributed by atoms with van der Waals surface area (Å²) in [7, 11) is 1.57. The molecule has 3 atom stereocenters. The summed E-state index contributed by atoms with van der Waals surface area (Å²) < 4.78 is 5.41. The van der Waals surface area contributed by atoms with Gasteiger partial charge in [-0.05, 0) is 24.3 Å². The van der Waals surface area contributed by atoms with E-state index in [1.165, 1.54) is 6.42 Å². The van der Waals surface area contributed by atoms with E-state index < -0.39 is 6.10 Å². The number of hydrogen-bond acceptors (Lipinski definition) is 3. The first-order valence-electron chi connectivity index (χ1n) is 7.73. The van der Waals surface area contributed by atoms with Gasteiger partial charge in [0.15, 0.2) is 6.10 Å². The van der Waals surface area contributed by atoms with Crippen LogP contribution in [0.5, 0.6) is 0 Å². The van der Waals surface area contributed by atoms with Crippen LogP contribution in [-0.4, -0.2) is 25.1 Å². The van der Waals surface area contributed by atoms with Crippen molar-refractivity contribution in [3.63, 3.8) is 0 Å². The van der Waals surface area contributed by atoms with E-state index in [2.05, 4.69) is 12.2 Å². The van der Waals surface area contributed by atoms with E-state index in [0.717, 1.165) is 24.8 Å². The highest BCUT2D eigenvalue weighted by Crippen LogP contribution is 2.33. The molecule has 1 aliphatic carbocycles. The van der Waals surface area contributed by atoms with Gasteiger partial charge >= 0.3 is 0 Å². The molecule has 1 aromatic carbocycles. The molecule has 3 unspecified atom stereocenters. The van der Waals surface area contributed by atoms with Crippen LogP contribution in [-0.2, 0) is 9.53 Å². The Bertz CT molecular complexity index is 463. The van der Waals surface area contributed by atoms with Gasteiger partial charge in [0.05, 0.1) is 5.54 Å². The number of nitrogens with two attached hydrogens (primary N) is 1. The number of ether oxygens (including phenoxy) is 1. The second-order valence-corrected chi connectivity index (χ2v) is 6.02. The van der Waals surface area contributed by atoms with Gasteiger partial charge in [-0.15, -0.1) is 0 Å². The molecule has 0 aromatic heterocycles. The fourth-order valence-corrected chi connectivity index (χ4v) is 3.29. The normalized spacial score (nSPS) is 27.1. The minimum absolute atomic E-state index is 0.0945. The van der Waals surface area contributed by atoms with Crippen molar-refractivity contribution < 1.29 is 9.53 Å². The summed E-state index contributed by atoms with van der Waals surface area (Å²) in [6, 6.07) is 9.58. The molecule has 1 aliphatic rings. The summed E-state index contributed by atoms with van der Waals surface area (Å²) >= 11 is 0. The van der Waals surface area contributed by atoms with Crippen molar-refractivity contribution in [2.75, 3.05) is 13.7 Å². The molecule has 0 spiro atoms.